The van der Waals surface area contributed by atoms with E-state index in [0.29, 0.717) is 11.5 Å². The Hall–Kier alpha value is -3.13. The molecule has 0 aliphatic rings. The number of carbonyl (C=O) groups is 2. The molecule has 0 saturated carbocycles. The number of aryl methyl sites for hydroxylation is 1. The fraction of sp³-hybridized carbons (Fsp3) is 0.167. The first kappa shape index (κ1) is 16.3. The van der Waals surface area contributed by atoms with E-state index < -0.39 is 0 Å². The van der Waals surface area contributed by atoms with Gasteiger partial charge in [0.15, 0.2) is 0 Å². The van der Waals surface area contributed by atoms with Gasteiger partial charge in [0, 0.05) is 7.05 Å². The number of imidazole rings is 1. The molecule has 26 heavy (non-hydrogen) atoms. The number of nitrogens with one attached hydrogen (secondary N) is 3. The molecule has 2 amide bonds. The minimum absolute atomic E-state index is 0.0854. The monoisotopic (exact) mass is 367 g/mol. The van der Waals surface area contributed by atoms with Crippen molar-refractivity contribution in [1.82, 2.24) is 25.2 Å². The van der Waals surface area contributed by atoms with Crippen LogP contribution in [-0.2, 0) is 18.4 Å². The zero-order valence-electron chi connectivity index (χ0n) is 14.1. The summed E-state index contributed by atoms with van der Waals surface area (Å²) >= 11 is 1.58. The summed E-state index contributed by atoms with van der Waals surface area (Å²) in [6.45, 7) is 0.196. The number of nitrogens with zero attached hydrogens (tertiary/aromatic N) is 2. The minimum atomic E-state index is -0.269. The van der Waals surface area contributed by atoms with Gasteiger partial charge in [-0.3, -0.25) is 9.59 Å². The number of rotatable bonds is 5. The van der Waals surface area contributed by atoms with E-state index in [4.69, 9.17) is 0 Å². The number of hydrogen-bond acceptors (Lipinski definition) is 4. The van der Waals surface area contributed by atoms with E-state index in [2.05, 4.69) is 20.6 Å². The summed E-state index contributed by atoms with van der Waals surface area (Å²) < 4.78 is 2.87. The van der Waals surface area contributed by atoms with E-state index in [1.54, 1.807) is 11.3 Å². The Bertz CT molecular complexity index is 1070. The lowest BCUT2D eigenvalue weighted by atomic mass is 10.3. The van der Waals surface area contributed by atoms with Gasteiger partial charge in [0.2, 0.25) is 5.91 Å². The Labute approximate surface area is 153 Å². The highest BCUT2D eigenvalue weighted by Crippen LogP contribution is 2.23. The Morgan fingerprint density at radius 3 is 2.88 bits per heavy atom. The number of fused-ring (bicyclic) bond motifs is 2. The molecule has 0 unspecified atom stereocenters. The number of hydrogen-bond donors (Lipinski definition) is 3. The van der Waals surface area contributed by atoms with Crippen molar-refractivity contribution in [2.75, 3.05) is 6.54 Å². The van der Waals surface area contributed by atoms with Crippen LogP contribution < -0.4 is 10.6 Å². The van der Waals surface area contributed by atoms with Crippen molar-refractivity contribution >= 4 is 44.4 Å². The summed E-state index contributed by atoms with van der Waals surface area (Å²) in [6.07, 6.45) is 0. The predicted molar refractivity (Wildman–Crippen MR) is 101 cm³/mol. The van der Waals surface area contributed by atoms with E-state index in [-0.39, 0.29) is 24.9 Å². The number of para-hydroxylation sites is 2. The maximum atomic E-state index is 12.3. The third-order valence-electron chi connectivity index (χ3n) is 4.20. The second-order valence-electron chi connectivity index (χ2n) is 5.92. The van der Waals surface area contributed by atoms with E-state index in [1.165, 1.54) is 0 Å². The van der Waals surface area contributed by atoms with Crippen molar-refractivity contribution in [2.45, 2.75) is 6.54 Å². The molecule has 0 saturated heterocycles. The van der Waals surface area contributed by atoms with Gasteiger partial charge >= 0.3 is 0 Å². The topological polar surface area (TPSA) is 91.8 Å². The highest BCUT2D eigenvalue weighted by atomic mass is 32.1. The molecule has 8 heteroatoms. The molecular formula is C18H17N5O2S. The van der Waals surface area contributed by atoms with Crippen molar-refractivity contribution < 1.29 is 9.59 Å². The Kier molecular flexibility index (Phi) is 4.18. The van der Waals surface area contributed by atoms with Crippen LogP contribution in [0.3, 0.4) is 0 Å². The second-order valence-corrected chi connectivity index (χ2v) is 6.87. The van der Waals surface area contributed by atoms with Gasteiger partial charge in [0.05, 0.1) is 34.3 Å². The molecule has 0 aliphatic carbocycles. The third kappa shape index (κ3) is 3.06. The van der Waals surface area contributed by atoms with Crippen molar-refractivity contribution in [3.63, 3.8) is 0 Å². The van der Waals surface area contributed by atoms with Crippen LogP contribution in [-0.4, -0.2) is 32.9 Å². The molecular weight excluding hydrogens is 350 g/mol. The van der Waals surface area contributed by atoms with E-state index in [9.17, 15) is 9.59 Å². The Morgan fingerprint density at radius 1 is 1.23 bits per heavy atom. The molecule has 0 radical (unpaired) electrons. The maximum Gasteiger partial charge on any atom is 0.268 e. The predicted octanol–water partition coefficient (Wildman–Crippen LogP) is 2.16. The molecule has 132 valence electrons. The number of amides is 2. The standard InChI is InChI=1S/C18H17N5O2S/c1-23-13-6-7-26-15(13)8-14(23)18(25)20-10-17(24)19-9-16-21-11-4-2-3-5-12(11)22-16/h2-8H,9-10H2,1H3,(H,19,24)(H,20,25)(H,21,22). The SMILES string of the molecule is Cn1c(C(=O)NCC(=O)NCc2nc3ccccc3[nH]2)cc2sccc21. The maximum absolute atomic E-state index is 12.3. The van der Waals surface area contributed by atoms with E-state index in [0.717, 1.165) is 21.3 Å². The van der Waals surface area contributed by atoms with Crippen LogP contribution >= 0.6 is 11.3 Å². The van der Waals surface area contributed by atoms with Gasteiger partial charge in [-0.1, -0.05) is 12.1 Å². The Balaban J connectivity index is 1.32. The molecule has 3 heterocycles. The van der Waals surface area contributed by atoms with E-state index in [1.807, 2.05) is 53.4 Å². The molecule has 7 nitrogen and oxygen atoms in total. The van der Waals surface area contributed by atoms with Crippen molar-refractivity contribution in [3.05, 3.63) is 53.3 Å². The number of benzene rings is 1. The lowest BCUT2D eigenvalue weighted by Crippen LogP contribution is -2.37. The summed E-state index contributed by atoms with van der Waals surface area (Å²) in [7, 11) is 1.84. The van der Waals surface area contributed by atoms with Gasteiger partial charge in [-0.2, -0.15) is 0 Å². The number of H-pyrrole nitrogens is 1. The van der Waals surface area contributed by atoms with Gasteiger partial charge in [0.25, 0.3) is 5.91 Å². The summed E-state index contributed by atoms with van der Waals surface area (Å²) in [5.74, 6) is 0.137. The molecule has 0 bridgehead atoms. The summed E-state index contributed by atoms with van der Waals surface area (Å²) in [5.41, 5.74) is 3.33. The smallest absolute Gasteiger partial charge is 0.268 e. The fourth-order valence-electron chi connectivity index (χ4n) is 2.85. The molecule has 0 aliphatic heterocycles. The molecule has 0 spiro atoms. The molecule has 0 atom stereocenters. The zero-order chi connectivity index (χ0) is 18.1. The number of thiophene rings is 1. The first-order valence-electron chi connectivity index (χ1n) is 8.13. The van der Waals surface area contributed by atoms with Crippen molar-refractivity contribution in [3.8, 4) is 0 Å². The molecule has 4 rings (SSSR count). The van der Waals surface area contributed by atoms with Gasteiger partial charge in [0.1, 0.15) is 11.5 Å². The van der Waals surface area contributed by atoms with Gasteiger partial charge in [-0.15, -0.1) is 11.3 Å². The van der Waals surface area contributed by atoms with Crippen LogP contribution in [0.25, 0.3) is 21.3 Å². The number of aromatic nitrogens is 3. The molecule has 3 N–H and O–H groups in total. The van der Waals surface area contributed by atoms with Crippen LogP contribution in [0.1, 0.15) is 16.3 Å². The number of aromatic amines is 1. The number of carbonyl (C=O) groups excluding carboxylic acids is 2. The largest absolute Gasteiger partial charge is 0.347 e. The highest BCUT2D eigenvalue weighted by Gasteiger charge is 2.15. The van der Waals surface area contributed by atoms with E-state index >= 15 is 0 Å². The van der Waals surface area contributed by atoms with Gasteiger partial charge in [-0.25, -0.2) is 4.98 Å². The second kappa shape index (κ2) is 6.64. The quantitative estimate of drug-likeness (QED) is 0.505. The van der Waals surface area contributed by atoms with Crippen molar-refractivity contribution in [2.24, 2.45) is 7.05 Å². The molecule has 0 fully saturated rings. The zero-order valence-corrected chi connectivity index (χ0v) is 14.9. The van der Waals surface area contributed by atoms with Crippen LogP contribution in [0.4, 0.5) is 0 Å². The summed E-state index contributed by atoms with van der Waals surface area (Å²) in [6, 6.07) is 11.5. The van der Waals surface area contributed by atoms with Gasteiger partial charge < -0.3 is 20.2 Å². The first-order chi connectivity index (χ1) is 12.6. The highest BCUT2D eigenvalue weighted by molar-refractivity contribution is 7.17. The fourth-order valence-corrected chi connectivity index (χ4v) is 3.70. The molecule has 4 aromatic rings. The molecule has 3 aromatic heterocycles. The molecule has 1 aromatic carbocycles. The van der Waals surface area contributed by atoms with Crippen molar-refractivity contribution in [1.29, 1.82) is 0 Å². The lowest BCUT2D eigenvalue weighted by molar-refractivity contribution is -0.120. The minimum Gasteiger partial charge on any atom is -0.347 e. The first-order valence-corrected chi connectivity index (χ1v) is 9.01. The third-order valence-corrected chi connectivity index (χ3v) is 5.05. The van der Waals surface area contributed by atoms with Crippen LogP contribution in [0.2, 0.25) is 0 Å². The summed E-state index contributed by atoms with van der Waals surface area (Å²) in [4.78, 5) is 31.8. The Morgan fingerprint density at radius 2 is 2.08 bits per heavy atom. The average Bonchev–Trinajstić information content (AvgIpc) is 3.33. The summed E-state index contributed by atoms with van der Waals surface area (Å²) in [5, 5.41) is 7.39. The normalized spacial score (nSPS) is 11.1. The van der Waals surface area contributed by atoms with Crippen LogP contribution in [0.5, 0.6) is 0 Å². The van der Waals surface area contributed by atoms with Gasteiger partial charge in [-0.05, 0) is 29.6 Å². The average molecular weight is 367 g/mol. The van der Waals surface area contributed by atoms with Crippen LogP contribution in [0, 0.1) is 0 Å². The lowest BCUT2D eigenvalue weighted by Gasteiger charge is -2.07. The van der Waals surface area contributed by atoms with Crippen LogP contribution in [0.15, 0.2) is 41.8 Å².